The van der Waals surface area contributed by atoms with Crippen molar-refractivity contribution in [2.75, 3.05) is 19.6 Å². The van der Waals surface area contributed by atoms with Gasteiger partial charge in [0.05, 0.1) is 6.54 Å². The van der Waals surface area contributed by atoms with E-state index < -0.39 is 17.2 Å². The molecule has 1 N–H and O–H groups in total. The Morgan fingerprint density at radius 3 is 2.34 bits per heavy atom. The van der Waals surface area contributed by atoms with E-state index in [4.69, 9.17) is 4.74 Å². The molecule has 0 spiro atoms. The monoisotopic (exact) mass is 419 g/mol. The van der Waals surface area contributed by atoms with E-state index in [2.05, 4.69) is 16.7 Å². The van der Waals surface area contributed by atoms with Crippen molar-refractivity contribution < 1.29 is 14.6 Å². The van der Waals surface area contributed by atoms with Crippen molar-refractivity contribution in [3.05, 3.63) is 35.9 Å². The number of carbonyl (C=O) groups is 1. The van der Waals surface area contributed by atoms with Crippen molar-refractivity contribution in [3.8, 4) is 11.8 Å². The van der Waals surface area contributed by atoms with Crippen LogP contribution in [-0.4, -0.2) is 41.2 Å². The number of ether oxygens (including phenoxy) is 1. The van der Waals surface area contributed by atoms with Gasteiger partial charge in [-0.05, 0) is 58.2 Å². The molecule has 2 fully saturated rings. The third-order valence-electron chi connectivity index (χ3n) is 5.96. The molecule has 4 nitrogen and oxygen atoms in total. The van der Waals surface area contributed by atoms with Crippen LogP contribution in [0.2, 0.25) is 0 Å². The fourth-order valence-corrected chi connectivity index (χ4v) is 4.37. The van der Waals surface area contributed by atoms with Gasteiger partial charge in [-0.25, -0.2) is 4.79 Å². The summed E-state index contributed by atoms with van der Waals surface area (Å²) in [5.41, 5.74) is -1.93. The minimum atomic E-state index is -1.61. The average Bonchev–Trinajstić information content (AvgIpc) is 3.23. The highest BCUT2D eigenvalue weighted by molar-refractivity contribution is 5.85. The Hall–Kier alpha value is -1.54. The van der Waals surface area contributed by atoms with Gasteiger partial charge >= 0.3 is 5.97 Å². The van der Waals surface area contributed by atoms with Crippen molar-refractivity contribution >= 4 is 18.4 Å². The molecule has 0 amide bonds. The second-order valence-corrected chi connectivity index (χ2v) is 8.65. The molecule has 5 heteroatoms. The number of rotatable bonds is 5. The van der Waals surface area contributed by atoms with Gasteiger partial charge in [-0.1, -0.05) is 61.4 Å². The highest BCUT2D eigenvalue weighted by atomic mass is 35.5. The van der Waals surface area contributed by atoms with E-state index in [1.165, 1.54) is 19.3 Å². The standard InChI is InChI=1S/C24H33NO3.ClH/c1-23(2,16-11-19-25-17-9-4-10-18-25)28-22(26)24(27,21-14-7-8-15-21)20-12-5-3-6-13-20;/h3,5-6,12-13,21,27H,4,7-10,14-15,17-19H2,1-2H3;1H. The number of hydrogen-bond acceptors (Lipinski definition) is 4. The molecule has 1 unspecified atom stereocenters. The summed E-state index contributed by atoms with van der Waals surface area (Å²) in [7, 11) is 0. The van der Waals surface area contributed by atoms with Crippen molar-refractivity contribution in [2.24, 2.45) is 5.92 Å². The Morgan fingerprint density at radius 2 is 1.72 bits per heavy atom. The van der Waals surface area contributed by atoms with Crippen LogP contribution in [0, 0.1) is 17.8 Å². The van der Waals surface area contributed by atoms with E-state index in [9.17, 15) is 9.90 Å². The summed E-state index contributed by atoms with van der Waals surface area (Å²) >= 11 is 0. The number of aliphatic hydroxyl groups is 1. The molecule has 1 aliphatic heterocycles. The highest BCUT2D eigenvalue weighted by Crippen LogP contribution is 2.42. The Bertz CT molecular complexity index is 713. The summed E-state index contributed by atoms with van der Waals surface area (Å²) in [5.74, 6) is 5.59. The first-order valence-corrected chi connectivity index (χ1v) is 10.7. The molecule has 29 heavy (non-hydrogen) atoms. The predicted molar refractivity (Wildman–Crippen MR) is 118 cm³/mol. The third-order valence-corrected chi connectivity index (χ3v) is 5.96. The molecule has 2 aliphatic rings. The van der Waals surface area contributed by atoms with Crippen LogP contribution in [0.5, 0.6) is 0 Å². The van der Waals surface area contributed by atoms with Crippen LogP contribution >= 0.6 is 12.4 Å². The van der Waals surface area contributed by atoms with Crippen LogP contribution in [0.4, 0.5) is 0 Å². The van der Waals surface area contributed by atoms with Crippen LogP contribution in [0.3, 0.4) is 0 Å². The smallest absolute Gasteiger partial charge is 0.344 e. The van der Waals surface area contributed by atoms with Gasteiger partial charge < -0.3 is 9.84 Å². The summed E-state index contributed by atoms with van der Waals surface area (Å²) in [6.45, 7) is 6.48. The van der Waals surface area contributed by atoms with Gasteiger partial charge in [0, 0.05) is 5.92 Å². The zero-order chi connectivity index (χ0) is 20.0. The quantitative estimate of drug-likeness (QED) is 0.571. The number of esters is 1. The topological polar surface area (TPSA) is 49.8 Å². The van der Waals surface area contributed by atoms with Gasteiger partial charge in [-0.15, -0.1) is 12.4 Å². The second kappa shape index (κ2) is 10.5. The first-order chi connectivity index (χ1) is 13.4. The largest absolute Gasteiger partial charge is 0.444 e. The molecule has 0 bridgehead atoms. The Kier molecular flexibility index (Phi) is 8.58. The molecule has 1 saturated heterocycles. The number of benzene rings is 1. The SMILES string of the molecule is CC(C)(C#CCN1CCCCC1)OC(=O)C(O)(c1ccccc1)C1CCCC1.Cl. The second-order valence-electron chi connectivity index (χ2n) is 8.65. The van der Waals surface area contributed by atoms with Crippen molar-refractivity contribution in [2.45, 2.75) is 70.0 Å². The molecule has 0 radical (unpaired) electrons. The molecular weight excluding hydrogens is 386 g/mol. The number of hydrogen-bond donors (Lipinski definition) is 1. The Balaban J connectivity index is 0.00000300. The Labute approximate surface area is 181 Å². The minimum Gasteiger partial charge on any atom is -0.444 e. The van der Waals surface area contributed by atoms with Gasteiger partial charge in [0.25, 0.3) is 0 Å². The maximum absolute atomic E-state index is 13.2. The van der Waals surface area contributed by atoms with Crippen molar-refractivity contribution in [1.29, 1.82) is 0 Å². The van der Waals surface area contributed by atoms with Crippen molar-refractivity contribution in [1.82, 2.24) is 4.90 Å². The molecule has 160 valence electrons. The van der Waals surface area contributed by atoms with Crippen molar-refractivity contribution in [3.63, 3.8) is 0 Å². The molecule has 1 aliphatic carbocycles. The van der Waals surface area contributed by atoms with Crippen LogP contribution < -0.4 is 0 Å². The summed E-state index contributed by atoms with van der Waals surface area (Å²) in [6, 6.07) is 9.22. The lowest BCUT2D eigenvalue weighted by Gasteiger charge is -2.34. The fourth-order valence-electron chi connectivity index (χ4n) is 4.37. The fraction of sp³-hybridized carbons (Fsp3) is 0.625. The van der Waals surface area contributed by atoms with Crippen LogP contribution in [-0.2, 0) is 15.1 Å². The summed E-state index contributed by atoms with van der Waals surface area (Å²) in [6.07, 6.45) is 7.49. The number of carbonyl (C=O) groups excluding carboxylic acids is 1. The maximum atomic E-state index is 13.2. The van der Waals surface area contributed by atoms with E-state index in [-0.39, 0.29) is 18.3 Å². The number of nitrogens with zero attached hydrogens (tertiary/aromatic N) is 1. The number of halogens is 1. The summed E-state index contributed by atoms with van der Waals surface area (Å²) < 4.78 is 5.78. The molecule has 3 rings (SSSR count). The third kappa shape index (κ3) is 5.98. The van der Waals surface area contributed by atoms with E-state index in [0.29, 0.717) is 12.1 Å². The maximum Gasteiger partial charge on any atom is 0.344 e. The lowest BCUT2D eigenvalue weighted by molar-refractivity contribution is -0.182. The van der Waals surface area contributed by atoms with E-state index in [0.717, 1.165) is 38.8 Å². The van der Waals surface area contributed by atoms with E-state index in [1.54, 1.807) is 13.8 Å². The Morgan fingerprint density at radius 1 is 1.10 bits per heavy atom. The van der Waals surface area contributed by atoms with Crippen LogP contribution in [0.1, 0.15) is 64.4 Å². The van der Waals surface area contributed by atoms with Gasteiger partial charge in [0.15, 0.2) is 11.2 Å². The summed E-state index contributed by atoms with van der Waals surface area (Å²) in [5, 5.41) is 11.5. The van der Waals surface area contributed by atoms with Gasteiger partial charge in [-0.3, -0.25) is 4.90 Å². The first kappa shape index (κ1) is 23.7. The number of piperidine rings is 1. The normalized spacial score (nSPS) is 20.1. The molecule has 1 heterocycles. The lowest BCUT2D eigenvalue weighted by Crippen LogP contribution is -2.46. The van der Waals surface area contributed by atoms with Gasteiger partial charge in [0.2, 0.25) is 0 Å². The summed E-state index contributed by atoms with van der Waals surface area (Å²) in [4.78, 5) is 15.5. The molecule has 1 saturated carbocycles. The zero-order valence-corrected chi connectivity index (χ0v) is 18.5. The van der Waals surface area contributed by atoms with Gasteiger partial charge in [0.1, 0.15) is 0 Å². The lowest BCUT2D eigenvalue weighted by atomic mass is 9.80. The molecule has 1 aromatic rings. The molecule has 0 aromatic heterocycles. The van der Waals surface area contributed by atoms with Gasteiger partial charge in [-0.2, -0.15) is 0 Å². The highest BCUT2D eigenvalue weighted by Gasteiger charge is 2.49. The molecular formula is C24H34ClNO3. The molecule has 1 aromatic carbocycles. The molecule has 1 atom stereocenters. The number of likely N-dealkylation sites (tertiary alicyclic amines) is 1. The zero-order valence-electron chi connectivity index (χ0n) is 17.7. The van der Waals surface area contributed by atoms with Crippen LogP contribution in [0.25, 0.3) is 0 Å². The first-order valence-electron chi connectivity index (χ1n) is 10.7. The van der Waals surface area contributed by atoms with E-state index in [1.807, 2.05) is 30.3 Å². The average molecular weight is 420 g/mol. The predicted octanol–water partition coefficient (Wildman–Crippen LogP) is 4.30. The minimum absolute atomic E-state index is 0. The van der Waals surface area contributed by atoms with Crippen LogP contribution in [0.15, 0.2) is 30.3 Å². The van der Waals surface area contributed by atoms with E-state index >= 15 is 0 Å².